The van der Waals surface area contributed by atoms with Gasteiger partial charge in [-0.05, 0) is 37.6 Å². The smallest absolute Gasteiger partial charge is 0.262 e. The summed E-state index contributed by atoms with van der Waals surface area (Å²) in [6.07, 6.45) is 1.87. The maximum absolute atomic E-state index is 13.1. The van der Waals surface area contributed by atoms with Crippen LogP contribution in [0.5, 0.6) is 5.75 Å². The number of hydrogen-bond acceptors (Lipinski definition) is 8. The largest absolute Gasteiger partial charge is 0.493 e. The molecule has 0 saturated heterocycles. The number of benzene rings is 2. The van der Waals surface area contributed by atoms with Crippen molar-refractivity contribution in [2.75, 3.05) is 6.61 Å². The number of para-hydroxylation sites is 2. The van der Waals surface area contributed by atoms with Crippen molar-refractivity contribution < 1.29 is 9.26 Å². The third-order valence-corrected chi connectivity index (χ3v) is 6.35. The van der Waals surface area contributed by atoms with Crippen LogP contribution in [-0.4, -0.2) is 35.9 Å². The number of ether oxygens (including phenoxy) is 1. The Hall–Kier alpha value is -3.66. The number of aromatic nitrogens is 6. The summed E-state index contributed by atoms with van der Waals surface area (Å²) in [4.78, 5) is 17.6. The van der Waals surface area contributed by atoms with E-state index in [1.54, 1.807) is 4.57 Å². The summed E-state index contributed by atoms with van der Waals surface area (Å²) >= 11 is 1.43. The fraction of sp³-hybridized carbons (Fsp3) is 0.292. The minimum Gasteiger partial charge on any atom is -0.493 e. The van der Waals surface area contributed by atoms with Crippen LogP contribution in [0.15, 0.2) is 63.0 Å². The highest BCUT2D eigenvalue weighted by molar-refractivity contribution is 7.98. The second kappa shape index (κ2) is 9.68. The first-order valence-corrected chi connectivity index (χ1v) is 12.2. The predicted molar refractivity (Wildman–Crippen MR) is 130 cm³/mol. The Balaban J connectivity index is 1.47. The normalized spacial score (nSPS) is 11.5. The fourth-order valence-corrected chi connectivity index (χ4v) is 4.60. The van der Waals surface area contributed by atoms with Crippen LogP contribution in [0.4, 0.5) is 0 Å². The van der Waals surface area contributed by atoms with Crippen molar-refractivity contribution in [2.45, 2.75) is 44.1 Å². The van der Waals surface area contributed by atoms with E-state index in [1.165, 1.54) is 11.8 Å². The van der Waals surface area contributed by atoms with Gasteiger partial charge in [-0.25, -0.2) is 0 Å². The lowest BCUT2D eigenvalue weighted by molar-refractivity contribution is 0.341. The number of rotatable bonds is 9. The summed E-state index contributed by atoms with van der Waals surface area (Å²) in [6.45, 7) is 5.18. The van der Waals surface area contributed by atoms with E-state index in [1.807, 2.05) is 59.9 Å². The summed E-state index contributed by atoms with van der Waals surface area (Å²) < 4.78 is 14.8. The van der Waals surface area contributed by atoms with E-state index in [0.29, 0.717) is 52.7 Å². The first-order valence-electron chi connectivity index (χ1n) is 11.3. The average Bonchev–Trinajstić information content (AvgIpc) is 3.51. The molecule has 0 aliphatic heterocycles. The molecule has 3 aromatic heterocycles. The van der Waals surface area contributed by atoms with Crippen molar-refractivity contribution in [1.82, 2.24) is 29.3 Å². The van der Waals surface area contributed by atoms with Crippen molar-refractivity contribution in [2.24, 2.45) is 0 Å². The first kappa shape index (κ1) is 22.1. The van der Waals surface area contributed by atoms with Gasteiger partial charge in [0.05, 0.1) is 28.8 Å². The van der Waals surface area contributed by atoms with E-state index in [9.17, 15) is 4.79 Å². The van der Waals surface area contributed by atoms with Crippen molar-refractivity contribution in [3.63, 3.8) is 0 Å². The minimum atomic E-state index is -0.0463. The molecule has 5 aromatic rings. The summed E-state index contributed by atoms with van der Waals surface area (Å²) in [5.41, 5.74) is 1.51. The van der Waals surface area contributed by atoms with Gasteiger partial charge in [-0.3, -0.25) is 13.8 Å². The van der Waals surface area contributed by atoms with Gasteiger partial charge in [-0.1, -0.05) is 54.5 Å². The zero-order chi connectivity index (χ0) is 23.5. The lowest BCUT2D eigenvalue weighted by Crippen LogP contribution is -2.23. The van der Waals surface area contributed by atoms with Gasteiger partial charge in [0.15, 0.2) is 5.16 Å². The van der Waals surface area contributed by atoms with Gasteiger partial charge < -0.3 is 9.26 Å². The van der Waals surface area contributed by atoms with Crippen LogP contribution in [0, 0.1) is 0 Å². The molecule has 0 N–H and O–H groups in total. The van der Waals surface area contributed by atoms with Crippen molar-refractivity contribution in [3.05, 3.63) is 64.8 Å². The highest BCUT2D eigenvalue weighted by Gasteiger charge is 2.18. The van der Waals surface area contributed by atoms with Crippen LogP contribution in [0.3, 0.4) is 0 Å². The van der Waals surface area contributed by atoms with Crippen molar-refractivity contribution in [3.8, 4) is 17.1 Å². The SMILES string of the molecule is CCCCn1c(=O)c2ccccc2n2c(SCc3nc(-c4ccccc4OCC)no3)nnc12. The molecule has 10 heteroatoms. The van der Waals surface area contributed by atoms with Gasteiger partial charge in [-0.15, -0.1) is 10.2 Å². The molecule has 0 amide bonds. The monoisotopic (exact) mass is 476 g/mol. The zero-order valence-electron chi connectivity index (χ0n) is 19.0. The van der Waals surface area contributed by atoms with Crippen LogP contribution in [0.25, 0.3) is 28.1 Å². The Morgan fingerprint density at radius 1 is 1.06 bits per heavy atom. The Kier molecular flexibility index (Phi) is 6.31. The van der Waals surface area contributed by atoms with E-state index < -0.39 is 0 Å². The highest BCUT2D eigenvalue weighted by atomic mass is 32.2. The summed E-state index contributed by atoms with van der Waals surface area (Å²) in [5, 5.41) is 14.2. The van der Waals surface area contributed by atoms with E-state index in [-0.39, 0.29) is 5.56 Å². The summed E-state index contributed by atoms with van der Waals surface area (Å²) in [5.74, 6) is 2.60. The molecule has 0 unspecified atom stereocenters. The molecule has 2 aromatic carbocycles. The van der Waals surface area contributed by atoms with Gasteiger partial charge in [0.25, 0.3) is 5.56 Å². The third-order valence-electron chi connectivity index (χ3n) is 5.43. The molecule has 0 radical (unpaired) electrons. The van der Waals surface area contributed by atoms with E-state index in [4.69, 9.17) is 9.26 Å². The van der Waals surface area contributed by atoms with Crippen LogP contribution in [0.2, 0.25) is 0 Å². The lowest BCUT2D eigenvalue weighted by atomic mass is 10.2. The second-order valence-corrected chi connectivity index (χ2v) is 8.62. The molecule has 9 nitrogen and oxygen atoms in total. The van der Waals surface area contributed by atoms with Crippen LogP contribution < -0.4 is 10.3 Å². The number of nitrogens with zero attached hydrogens (tertiary/aromatic N) is 6. The molecule has 174 valence electrons. The van der Waals surface area contributed by atoms with E-state index in [2.05, 4.69) is 27.3 Å². The molecular weight excluding hydrogens is 452 g/mol. The van der Waals surface area contributed by atoms with Gasteiger partial charge in [0.1, 0.15) is 5.75 Å². The number of aryl methyl sites for hydroxylation is 1. The fourth-order valence-electron chi connectivity index (χ4n) is 3.83. The maximum atomic E-state index is 13.1. The van der Waals surface area contributed by atoms with Gasteiger partial charge >= 0.3 is 0 Å². The summed E-state index contributed by atoms with van der Waals surface area (Å²) in [6, 6.07) is 15.1. The molecule has 0 bridgehead atoms. The quantitative estimate of drug-likeness (QED) is 0.285. The van der Waals surface area contributed by atoms with Gasteiger partial charge in [0.2, 0.25) is 17.5 Å². The molecule has 0 aliphatic carbocycles. The molecule has 34 heavy (non-hydrogen) atoms. The number of fused-ring (bicyclic) bond motifs is 3. The number of hydrogen-bond donors (Lipinski definition) is 0. The van der Waals surface area contributed by atoms with E-state index >= 15 is 0 Å². The molecule has 5 rings (SSSR count). The molecule has 3 heterocycles. The second-order valence-electron chi connectivity index (χ2n) is 7.68. The minimum absolute atomic E-state index is 0.0463. The Morgan fingerprint density at radius 2 is 1.88 bits per heavy atom. The van der Waals surface area contributed by atoms with Crippen molar-refractivity contribution in [1.29, 1.82) is 0 Å². The van der Waals surface area contributed by atoms with E-state index in [0.717, 1.165) is 23.9 Å². The maximum Gasteiger partial charge on any atom is 0.262 e. The summed E-state index contributed by atoms with van der Waals surface area (Å²) in [7, 11) is 0. The standard InChI is InChI=1S/C24H24N6O3S/c1-3-5-14-29-22(31)16-10-6-8-12-18(16)30-23(29)26-27-24(30)34-15-20-25-21(28-33-20)17-11-7-9-13-19(17)32-4-2/h6-13H,3-5,14-15H2,1-2H3. The Morgan fingerprint density at radius 3 is 2.74 bits per heavy atom. The Bertz CT molecular complexity index is 1510. The van der Waals surface area contributed by atoms with Crippen LogP contribution in [-0.2, 0) is 12.3 Å². The highest BCUT2D eigenvalue weighted by Crippen LogP contribution is 2.29. The molecule has 0 atom stereocenters. The van der Waals surface area contributed by atoms with Crippen LogP contribution >= 0.6 is 11.8 Å². The Labute approximate surface area is 199 Å². The molecule has 0 spiro atoms. The predicted octanol–water partition coefficient (Wildman–Crippen LogP) is 4.59. The molecular formula is C24H24N6O3S. The zero-order valence-corrected chi connectivity index (χ0v) is 19.8. The molecule has 0 saturated carbocycles. The van der Waals surface area contributed by atoms with Crippen molar-refractivity contribution >= 4 is 28.4 Å². The van der Waals surface area contributed by atoms with Gasteiger partial charge in [-0.2, -0.15) is 4.98 Å². The number of unbranched alkanes of at least 4 members (excludes halogenated alkanes) is 1. The van der Waals surface area contributed by atoms with Crippen LogP contribution in [0.1, 0.15) is 32.6 Å². The number of thioether (sulfide) groups is 1. The topological polar surface area (TPSA) is 100 Å². The lowest BCUT2D eigenvalue weighted by Gasteiger charge is -2.10. The average molecular weight is 477 g/mol. The molecule has 0 aliphatic rings. The third kappa shape index (κ3) is 4.05. The van der Waals surface area contributed by atoms with Gasteiger partial charge in [0, 0.05) is 6.54 Å². The molecule has 0 fully saturated rings. The first-order chi connectivity index (χ1) is 16.7.